The Hall–Kier alpha value is -1.06. The van der Waals surface area contributed by atoms with Crippen LogP contribution >= 0.6 is 15.9 Å². The summed E-state index contributed by atoms with van der Waals surface area (Å²) in [6, 6.07) is 14.5. The first kappa shape index (κ1) is 11.4. The molecule has 2 aromatic rings. The molecule has 1 atom stereocenters. The molecule has 16 heavy (non-hydrogen) atoms. The summed E-state index contributed by atoms with van der Waals surface area (Å²) in [4.78, 5) is 1.41. The van der Waals surface area contributed by atoms with Crippen molar-refractivity contribution in [3.8, 4) is 0 Å². The summed E-state index contributed by atoms with van der Waals surface area (Å²) in [6.07, 6.45) is 0. The lowest BCUT2D eigenvalue weighted by Gasteiger charge is -2.12. The molecule has 0 aliphatic carbocycles. The Morgan fingerprint density at radius 3 is 2.44 bits per heavy atom. The molecule has 0 aliphatic heterocycles. The first-order valence-electron chi connectivity index (χ1n) is 5.33. The third-order valence-electron chi connectivity index (χ3n) is 2.45. The average Bonchev–Trinajstić information content (AvgIpc) is 2.65. The van der Waals surface area contributed by atoms with Gasteiger partial charge in [-0.25, -0.2) is 0 Å². The number of hydrogen-bond acceptors (Lipinski definition) is 1. The summed E-state index contributed by atoms with van der Waals surface area (Å²) < 4.78 is 6.29. The van der Waals surface area contributed by atoms with Gasteiger partial charge in [0, 0.05) is 5.56 Å². The largest absolute Gasteiger partial charge is 0.448 e. The highest BCUT2D eigenvalue weighted by molar-refractivity contribution is 9.10. The summed E-state index contributed by atoms with van der Waals surface area (Å²) in [5.74, 6) is 1.01. The Labute approximate surface area is 104 Å². The Kier molecular flexibility index (Phi) is 3.80. The molecule has 0 bridgehead atoms. The fraction of sp³-hybridized carbons (Fsp3) is 0.231. The number of furan rings is 1. The van der Waals surface area contributed by atoms with Gasteiger partial charge in [0.15, 0.2) is 10.4 Å². The standard InChI is InChI=1S/C13H14BrNO/c1-15(9-11-5-3-2-4-6-11)10-12-7-8-13(14)16-12/h2-8H,9-10H2,1H3/p+1. The van der Waals surface area contributed by atoms with E-state index in [-0.39, 0.29) is 0 Å². The maximum absolute atomic E-state index is 5.49. The van der Waals surface area contributed by atoms with Crippen molar-refractivity contribution in [3.63, 3.8) is 0 Å². The molecule has 2 nitrogen and oxygen atoms in total. The van der Waals surface area contributed by atoms with Gasteiger partial charge in [0.05, 0.1) is 7.05 Å². The first-order chi connectivity index (χ1) is 7.74. The third-order valence-corrected chi connectivity index (χ3v) is 2.88. The number of benzene rings is 1. The van der Waals surface area contributed by atoms with Crippen LogP contribution in [-0.4, -0.2) is 7.05 Å². The molecule has 2 rings (SSSR count). The van der Waals surface area contributed by atoms with Crippen molar-refractivity contribution in [1.82, 2.24) is 0 Å². The van der Waals surface area contributed by atoms with Gasteiger partial charge >= 0.3 is 0 Å². The van der Waals surface area contributed by atoms with E-state index in [9.17, 15) is 0 Å². The molecule has 0 spiro atoms. The van der Waals surface area contributed by atoms with Crippen LogP contribution < -0.4 is 4.90 Å². The van der Waals surface area contributed by atoms with Gasteiger partial charge in [0.25, 0.3) is 0 Å². The lowest BCUT2D eigenvalue weighted by atomic mass is 10.2. The molecular formula is C13H15BrNO+. The van der Waals surface area contributed by atoms with Crippen molar-refractivity contribution in [2.24, 2.45) is 0 Å². The number of halogens is 1. The van der Waals surface area contributed by atoms with Crippen LogP contribution in [0.3, 0.4) is 0 Å². The average molecular weight is 281 g/mol. The van der Waals surface area contributed by atoms with Crippen molar-refractivity contribution < 1.29 is 9.32 Å². The molecule has 0 saturated heterocycles. The zero-order valence-corrected chi connectivity index (χ0v) is 10.8. The van der Waals surface area contributed by atoms with E-state index in [1.54, 1.807) is 0 Å². The zero-order chi connectivity index (χ0) is 11.4. The van der Waals surface area contributed by atoms with E-state index >= 15 is 0 Å². The molecule has 84 valence electrons. The van der Waals surface area contributed by atoms with E-state index < -0.39 is 0 Å². The topological polar surface area (TPSA) is 17.6 Å². The van der Waals surface area contributed by atoms with Gasteiger partial charge < -0.3 is 9.32 Å². The molecule has 0 fully saturated rings. The van der Waals surface area contributed by atoms with E-state index in [1.807, 2.05) is 18.2 Å². The first-order valence-corrected chi connectivity index (χ1v) is 6.13. The zero-order valence-electron chi connectivity index (χ0n) is 9.24. The maximum atomic E-state index is 5.49. The van der Waals surface area contributed by atoms with Gasteiger partial charge in [-0.05, 0) is 28.1 Å². The molecule has 1 aromatic carbocycles. The van der Waals surface area contributed by atoms with E-state index in [0.717, 1.165) is 23.5 Å². The van der Waals surface area contributed by atoms with Crippen LogP contribution in [0.1, 0.15) is 11.3 Å². The molecular weight excluding hydrogens is 266 g/mol. The molecule has 1 unspecified atom stereocenters. The summed E-state index contributed by atoms with van der Waals surface area (Å²) in [5, 5.41) is 0. The predicted molar refractivity (Wildman–Crippen MR) is 67.1 cm³/mol. The number of quaternary nitrogens is 1. The summed E-state index contributed by atoms with van der Waals surface area (Å²) in [5.41, 5.74) is 1.35. The molecule has 1 N–H and O–H groups in total. The molecule has 1 aromatic heterocycles. The highest BCUT2D eigenvalue weighted by Crippen LogP contribution is 2.12. The number of rotatable bonds is 4. The second-order valence-corrected chi connectivity index (χ2v) is 4.78. The minimum atomic E-state index is 0.801. The Morgan fingerprint density at radius 2 is 1.81 bits per heavy atom. The highest BCUT2D eigenvalue weighted by atomic mass is 79.9. The number of hydrogen-bond donors (Lipinski definition) is 1. The van der Waals surface area contributed by atoms with E-state index in [2.05, 4.69) is 47.2 Å². The maximum Gasteiger partial charge on any atom is 0.169 e. The van der Waals surface area contributed by atoms with E-state index in [1.165, 1.54) is 10.5 Å². The minimum Gasteiger partial charge on any atom is -0.448 e. The molecule has 0 aliphatic rings. The van der Waals surface area contributed by atoms with Crippen LogP contribution in [-0.2, 0) is 13.1 Å². The fourth-order valence-corrected chi connectivity index (χ4v) is 2.09. The van der Waals surface area contributed by atoms with Crippen LogP contribution in [0.25, 0.3) is 0 Å². The summed E-state index contributed by atoms with van der Waals surface area (Å²) in [7, 11) is 2.17. The predicted octanol–water partition coefficient (Wildman–Crippen LogP) is 2.26. The van der Waals surface area contributed by atoms with E-state index in [4.69, 9.17) is 4.42 Å². The van der Waals surface area contributed by atoms with Crippen LogP contribution in [0.5, 0.6) is 0 Å². The molecule has 3 heteroatoms. The van der Waals surface area contributed by atoms with Crippen molar-refractivity contribution in [2.45, 2.75) is 13.1 Å². The van der Waals surface area contributed by atoms with Crippen LogP contribution in [0.15, 0.2) is 51.6 Å². The monoisotopic (exact) mass is 280 g/mol. The second-order valence-electron chi connectivity index (χ2n) is 4.00. The van der Waals surface area contributed by atoms with Crippen molar-refractivity contribution in [1.29, 1.82) is 0 Å². The second kappa shape index (κ2) is 5.32. The highest BCUT2D eigenvalue weighted by Gasteiger charge is 2.07. The van der Waals surface area contributed by atoms with E-state index in [0.29, 0.717) is 0 Å². The van der Waals surface area contributed by atoms with Crippen LogP contribution in [0.2, 0.25) is 0 Å². The van der Waals surface area contributed by atoms with Crippen LogP contribution in [0, 0.1) is 0 Å². The van der Waals surface area contributed by atoms with Crippen molar-refractivity contribution in [3.05, 3.63) is 58.5 Å². The summed E-state index contributed by atoms with van der Waals surface area (Å²) in [6.45, 7) is 1.92. The minimum absolute atomic E-state index is 0.801. The SMILES string of the molecule is C[NH+](Cc1ccccc1)Cc1ccc(Br)o1. The van der Waals surface area contributed by atoms with Crippen molar-refractivity contribution >= 4 is 15.9 Å². The van der Waals surface area contributed by atoms with Gasteiger partial charge in [-0.2, -0.15) is 0 Å². The normalized spacial score (nSPS) is 12.6. The molecule has 0 radical (unpaired) electrons. The summed E-state index contributed by atoms with van der Waals surface area (Å²) >= 11 is 3.31. The van der Waals surface area contributed by atoms with Crippen molar-refractivity contribution in [2.75, 3.05) is 7.05 Å². The fourth-order valence-electron chi connectivity index (χ4n) is 1.75. The van der Waals surface area contributed by atoms with Gasteiger partial charge in [0.1, 0.15) is 13.1 Å². The smallest absolute Gasteiger partial charge is 0.169 e. The Morgan fingerprint density at radius 1 is 1.06 bits per heavy atom. The number of nitrogens with one attached hydrogen (secondary N) is 1. The molecule has 1 heterocycles. The van der Waals surface area contributed by atoms with Gasteiger partial charge in [-0.1, -0.05) is 30.3 Å². The van der Waals surface area contributed by atoms with Gasteiger partial charge in [-0.15, -0.1) is 0 Å². The molecule has 0 amide bonds. The quantitative estimate of drug-likeness (QED) is 0.910. The third kappa shape index (κ3) is 3.22. The van der Waals surface area contributed by atoms with Gasteiger partial charge in [-0.3, -0.25) is 0 Å². The lowest BCUT2D eigenvalue weighted by Crippen LogP contribution is -3.06. The molecule has 0 saturated carbocycles. The van der Waals surface area contributed by atoms with Crippen LogP contribution in [0.4, 0.5) is 0 Å². The Balaban J connectivity index is 1.92. The van der Waals surface area contributed by atoms with Gasteiger partial charge in [0.2, 0.25) is 0 Å². The lowest BCUT2D eigenvalue weighted by molar-refractivity contribution is -0.908. The Bertz CT molecular complexity index is 438.